The van der Waals surface area contributed by atoms with E-state index < -0.39 is 23.4 Å². The van der Waals surface area contributed by atoms with Crippen LogP contribution in [0.2, 0.25) is 0 Å². The van der Waals surface area contributed by atoms with Crippen molar-refractivity contribution in [1.82, 2.24) is 4.90 Å². The van der Waals surface area contributed by atoms with Crippen molar-refractivity contribution in [3.05, 3.63) is 65.0 Å². The zero-order valence-electron chi connectivity index (χ0n) is 15.5. The number of allylic oxidation sites excluding steroid dienone is 5. The predicted molar refractivity (Wildman–Crippen MR) is 101 cm³/mol. The molecule has 0 bridgehead atoms. The van der Waals surface area contributed by atoms with E-state index in [9.17, 15) is 22.8 Å². The molecular formula is C21H21F3N2O2. The third-order valence-electron chi connectivity index (χ3n) is 5.01. The van der Waals surface area contributed by atoms with Crippen LogP contribution in [0.3, 0.4) is 0 Å². The quantitative estimate of drug-likeness (QED) is 0.771. The van der Waals surface area contributed by atoms with Gasteiger partial charge in [-0.3, -0.25) is 9.59 Å². The molecule has 7 heteroatoms. The summed E-state index contributed by atoms with van der Waals surface area (Å²) in [4.78, 5) is 27.3. The molecular weight excluding hydrogens is 369 g/mol. The van der Waals surface area contributed by atoms with Crippen molar-refractivity contribution in [3.8, 4) is 0 Å². The number of carbonyl (C=O) groups excluding carboxylic acids is 2. The molecule has 1 N–H and O–H groups in total. The first-order valence-electron chi connectivity index (χ1n) is 9.11. The summed E-state index contributed by atoms with van der Waals surface area (Å²) in [6.07, 6.45) is 2.82. The highest BCUT2D eigenvalue weighted by atomic mass is 19.2. The summed E-state index contributed by atoms with van der Waals surface area (Å²) in [7, 11) is 2.02. The number of hydrogen-bond donors (Lipinski definition) is 1. The zero-order chi connectivity index (χ0) is 20.3. The molecule has 1 aliphatic carbocycles. The number of amides is 1. The molecule has 0 aromatic heterocycles. The molecule has 2 aliphatic rings. The fourth-order valence-corrected chi connectivity index (χ4v) is 3.30. The fourth-order valence-electron chi connectivity index (χ4n) is 3.30. The molecule has 1 amide bonds. The summed E-state index contributed by atoms with van der Waals surface area (Å²) < 4.78 is 40.1. The van der Waals surface area contributed by atoms with E-state index in [0.717, 1.165) is 32.0 Å². The second kappa shape index (κ2) is 8.56. The highest BCUT2D eigenvalue weighted by molar-refractivity contribution is 6.05. The van der Waals surface area contributed by atoms with Gasteiger partial charge in [0, 0.05) is 22.7 Å². The predicted octanol–water partition coefficient (Wildman–Crippen LogP) is 4.48. The molecule has 1 aromatic carbocycles. The van der Waals surface area contributed by atoms with Crippen molar-refractivity contribution in [2.24, 2.45) is 5.92 Å². The van der Waals surface area contributed by atoms with Crippen molar-refractivity contribution in [2.75, 3.05) is 25.5 Å². The average Bonchev–Trinajstić information content (AvgIpc) is 2.82. The number of likely N-dealkylation sites (tertiary alicyclic amines) is 1. The summed E-state index contributed by atoms with van der Waals surface area (Å²) in [6, 6.07) is 6.51. The Labute approximate surface area is 161 Å². The third-order valence-corrected chi connectivity index (χ3v) is 5.01. The number of piperidine rings is 1. The molecule has 0 radical (unpaired) electrons. The van der Waals surface area contributed by atoms with Gasteiger partial charge in [-0.05, 0) is 63.7 Å². The topological polar surface area (TPSA) is 49.4 Å². The summed E-state index contributed by atoms with van der Waals surface area (Å²) in [6.45, 7) is 1.72. The summed E-state index contributed by atoms with van der Waals surface area (Å²) in [5.74, 6) is -5.09. The third kappa shape index (κ3) is 4.59. The van der Waals surface area contributed by atoms with Crippen LogP contribution >= 0.6 is 0 Å². The average molecular weight is 390 g/mol. The number of ketones is 1. The van der Waals surface area contributed by atoms with Gasteiger partial charge in [0.05, 0.1) is 0 Å². The lowest BCUT2D eigenvalue weighted by Crippen LogP contribution is -2.33. The standard InChI is InChI=1S/C21H21F3N2O2/c1-26-9-7-13(8-10-26)20(27)14-3-2-4-16(11-14)25-21(28)15-5-6-17(22)19(24)18(23)12-15/h2-4,6,11-13H,5,7-10H2,1H3,(H,25,28). The van der Waals surface area contributed by atoms with E-state index in [-0.39, 0.29) is 23.7 Å². The maximum Gasteiger partial charge on any atom is 0.252 e. The van der Waals surface area contributed by atoms with Gasteiger partial charge in [-0.25, -0.2) is 13.2 Å². The Morgan fingerprint density at radius 1 is 1.14 bits per heavy atom. The first kappa shape index (κ1) is 20.1. The minimum absolute atomic E-state index is 0.0268. The number of Topliss-reactive ketones (excluding diaryl/α,β-unsaturated/α-hetero) is 1. The fraction of sp³-hybridized carbons (Fsp3) is 0.333. The number of carbonyl (C=O) groups is 2. The Balaban J connectivity index is 1.72. The van der Waals surface area contributed by atoms with Crippen molar-refractivity contribution in [1.29, 1.82) is 0 Å². The highest BCUT2D eigenvalue weighted by Crippen LogP contribution is 2.27. The van der Waals surface area contributed by atoms with E-state index in [1.54, 1.807) is 24.3 Å². The Morgan fingerprint density at radius 3 is 2.57 bits per heavy atom. The van der Waals surface area contributed by atoms with Crippen LogP contribution in [0.1, 0.15) is 29.6 Å². The first-order chi connectivity index (χ1) is 13.3. The SMILES string of the molecule is CN1CCC(C(=O)c2cccc(NC(=O)C3=CC(F)=C(F)C(F)=CC3)c2)CC1. The van der Waals surface area contributed by atoms with Crippen LogP contribution in [0.5, 0.6) is 0 Å². The molecule has 4 nitrogen and oxygen atoms in total. The number of rotatable bonds is 4. The first-order valence-corrected chi connectivity index (χ1v) is 9.11. The van der Waals surface area contributed by atoms with Gasteiger partial charge in [-0.1, -0.05) is 12.1 Å². The van der Waals surface area contributed by atoms with Crippen LogP contribution in [0.15, 0.2) is 59.5 Å². The second-order valence-corrected chi connectivity index (χ2v) is 7.06. The molecule has 1 fully saturated rings. The van der Waals surface area contributed by atoms with Gasteiger partial charge in [0.15, 0.2) is 23.3 Å². The summed E-state index contributed by atoms with van der Waals surface area (Å²) in [5, 5.41) is 2.56. The van der Waals surface area contributed by atoms with Crippen LogP contribution in [0.4, 0.5) is 18.9 Å². The number of benzene rings is 1. The Bertz CT molecular complexity index is 881. The molecule has 0 atom stereocenters. The van der Waals surface area contributed by atoms with Crippen molar-refractivity contribution in [2.45, 2.75) is 19.3 Å². The Hall–Kier alpha value is -2.67. The van der Waals surface area contributed by atoms with Gasteiger partial charge >= 0.3 is 0 Å². The molecule has 28 heavy (non-hydrogen) atoms. The molecule has 1 heterocycles. The van der Waals surface area contributed by atoms with E-state index >= 15 is 0 Å². The maximum absolute atomic E-state index is 13.6. The van der Waals surface area contributed by atoms with Gasteiger partial charge in [-0.2, -0.15) is 0 Å². The van der Waals surface area contributed by atoms with Crippen molar-refractivity contribution >= 4 is 17.4 Å². The van der Waals surface area contributed by atoms with Gasteiger partial charge in [0.25, 0.3) is 5.91 Å². The Morgan fingerprint density at radius 2 is 1.86 bits per heavy atom. The molecule has 1 saturated heterocycles. The minimum Gasteiger partial charge on any atom is -0.322 e. The molecule has 0 saturated carbocycles. The minimum atomic E-state index is -1.62. The number of halogens is 3. The molecule has 1 aromatic rings. The van der Waals surface area contributed by atoms with Crippen LogP contribution in [-0.2, 0) is 4.79 Å². The van der Waals surface area contributed by atoms with Crippen LogP contribution < -0.4 is 5.32 Å². The number of hydrogen-bond acceptors (Lipinski definition) is 3. The Kier molecular flexibility index (Phi) is 6.14. The van der Waals surface area contributed by atoms with Crippen LogP contribution in [-0.4, -0.2) is 36.7 Å². The van der Waals surface area contributed by atoms with Gasteiger partial charge in [0.2, 0.25) is 0 Å². The number of nitrogens with one attached hydrogen (secondary N) is 1. The number of anilines is 1. The summed E-state index contributed by atoms with van der Waals surface area (Å²) in [5.41, 5.74) is 0.737. The van der Waals surface area contributed by atoms with E-state index in [4.69, 9.17) is 0 Å². The van der Waals surface area contributed by atoms with Gasteiger partial charge in [0.1, 0.15) is 0 Å². The number of nitrogens with zero attached hydrogens (tertiary/aromatic N) is 1. The lowest BCUT2D eigenvalue weighted by molar-refractivity contribution is -0.112. The highest BCUT2D eigenvalue weighted by Gasteiger charge is 2.25. The van der Waals surface area contributed by atoms with Crippen molar-refractivity contribution < 1.29 is 22.8 Å². The lowest BCUT2D eigenvalue weighted by Gasteiger charge is -2.28. The van der Waals surface area contributed by atoms with Gasteiger partial charge < -0.3 is 10.2 Å². The van der Waals surface area contributed by atoms with E-state index in [2.05, 4.69) is 10.2 Å². The van der Waals surface area contributed by atoms with E-state index in [1.807, 2.05) is 7.05 Å². The largest absolute Gasteiger partial charge is 0.322 e. The summed E-state index contributed by atoms with van der Waals surface area (Å²) >= 11 is 0. The second-order valence-electron chi connectivity index (χ2n) is 7.06. The molecule has 3 rings (SSSR count). The van der Waals surface area contributed by atoms with Gasteiger partial charge in [-0.15, -0.1) is 0 Å². The molecule has 148 valence electrons. The van der Waals surface area contributed by atoms with E-state index in [1.165, 1.54) is 0 Å². The zero-order valence-corrected chi connectivity index (χ0v) is 15.5. The molecule has 0 unspecified atom stereocenters. The smallest absolute Gasteiger partial charge is 0.252 e. The van der Waals surface area contributed by atoms with Crippen LogP contribution in [0.25, 0.3) is 0 Å². The lowest BCUT2D eigenvalue weighted by atomic mass is 9.89. The molecule has 0 spiro atoms. The van der Waals surface area contributed by atoms with Crippen molar-refractivity contribution in [3.63, 3.8) is 0 Å². The normalized spacial score (nSPS) is 19.0. The maximum atomic E-state index is 13.6. The monoisotopic (exact) mass is 390 g/mol. The van der Waals surface area contributed by atoms with Crippen LogP contribution in [0, 0.1) is 5.92 Å². The molecule has 1 aliphatic heterocycles. The van der Waals surface area contributed by atoms with E-state index in [0.29, 0.717) is 17.3 Å².